The third-order valence-corrected chi connectivity index (χ3v) is 6.37. The van der Waals surface area contributed by atoms with E-state index >= 15 is 0 Å². The first-order valence-corrected chi connectivity index (χ1v) is 10.8. The molecule has 2 saturated heterocycles. The minimum Gasteiger partial charge on any atom is -0.541 e. The fourth-order valence-corrected chi connectivity index (χ4v) is 4.60. The summed E-state index contributed by atoms with van der Waals surface area (Å²) >= 11 is 0. The molecule has 0 spiro atoms. The maximum atomic E-state index is 13.1. The van der Waals surface area contributed by atoms with Crippen LogP contribution < -0.4 is 15.3 Å². The van der Waals surface area contributed by atoms with Gasteiger partial charge in [-0.15, -0.1) is 0 Å². The number of carboxylic acids is 1. The second-order valence-corrected chi connectivity index (χ2v) is 8.34. The predicted octanol–water partition coefficient (Wildman–Crippen LogP) is -0.342. The van der Waals surface area contributed by atoms with E-state index in [9.17, 15) is 19.1 Å². The van der Waals surface area contributed by atoms with Crippen molar-refractivity contribution in [1.82, 2.24) is 10.1 Å². The van der Waals surface area contributed by atoms with Gasteiger partial charge in [0.2, 0.25) is 5.91 Å². The summed E-state index contributed by atoms with van der Waals surface area (Å²) in [5.41, 5.74) is 1.56. The third-order valence-electron chi connectivity index (χ3n) is 6.37. The number of benzene rings is 1. The lowest BCUT2D eigenvalue weighted by Gasteiger charge is -2.37. The Bertz CT molecular complexity index is 908. The van der Waals surface area contributed by atoms with Gasteiger partial charge in [0.05, 0.1) is 18.8 Å². The van der Waals surface area contributed by atoms with Gasteiger partial charge in [-0.05, 0) is 30.2 Å². The zero-order valence-corrected chi connectivity index (χ0v) is 17.3. The van der Waals surface area contributed by atoms with Gasteiger partial charge >= 0.3 is 0 Å². The number of quaternary nitrogens is 1. The number of aromatic carboxylic acids is 1. The van der Waals surface area contributed by atoms with Crippen molar-refractivity contribution in [3.05, 3.63) is 47.6 Å². The van der Waals surface area contributed by atoms with Gasteiger partial charge < -0.3 is 29.5 Å². The van der Waals surface area contributed by atoms with Gasteiger partial charge in [-0.1, -0.05) is 5.16 Å². The molecule has 2 N–H and O–H groups in total. The normalized spacial score (nSPS) is 21.8. The highest BCUT2D eigenvalue weighted by Gasteiger charge is 2.32. The van der Waals surface area contributed by atoms with Crippen molar-refractivity contribution >= 4 is 17.6 Å². The number of anilines is 1. The van der Waals surface area contributed by atoms with Gasteiger partial charge in [-0.3, -0.25) is 4.79 Å². The smallest absolute Gasteiger partial charge is 0.222 e. The Balaban J connectivity index is 1.31. The van der Waals surface area contributed by atoms with Crippen molar-refractivity contribution in [3.8, 4) is 0 Å². The number of hydrogen-bond acceptors (Lipinski definition) is 6. The Morgan fingerprint density at radius 3 is 2.58 bits per heavy atom. The molecular weight excluding hydrogens is 403 g/mol. The number of rotatable bonds is 6. The lowest BCUT2D eigenvalue weighted by molar-refractivity contribution is -0.672. The van der Waals surface area contributed by atoms with Gasteiger partial charge in [0.25, 0.3) is 0 Å². The highest BCUT2D eigenvalue weighted by atomic mass is 19.1. The first-order valence-electron chi connectivity index (χ1n) is 10.8. The summed E-state index contributed by atoms with van der Waals surface area (Å²) in [6.45, 7) is 4.62. The van der Waals surface area contributed by atoms with Crippen molar-refractivity contribution in [2.75, 3.05) is 44.2 Å². The van der Waals surface area contributed by atoms with E-state index in [-0.39, 0.29) is 29.3 Å². The molecule has 2 aliphatic rings. The molecule has 2 aliphatic heterocycles. The molecule has 166 valence electrons. The number of nitrogens with zero attached hydrogens (tertiary/aromatic N) is 3. The van der Waals surface area contributed by atoms with Crippen LogP contribution in [0.15, 0.2) is 34.9 Å². The SMILES string of the molecule is O=C([O-])c1cc(C[C@H]2C[NH2+]CC[C@H]2CC(=O)N2CCN(c3ccc(F)cc3)CC2)no1. The fourth-order valence-electron chi connectivity index (χ4n) is 4.60. The van der Waals surface area contributed by atoms with Gasteiger partial charge in [0.15, 0.2) is 5.76 Å². The monoisotopic (exact) mass is 430 g/mol. The topological polar surface area (TPSA) is 106 Å². The van der Waals surface area contributed by atoms with Crippen LogP contribution in [0.5, 0.6) is 0 Å². The van der Waals surface area contributed by atoms with Crippen molar-refractivity contribution in [2.45, 2.75) is 19.3 Å². The standard InChI is InChI=1S/C22H27FN4O4/c23-17-1-3-19(4-2-17)26-7-9-27(10-8-26)21(28)12-15-5-6-24-14-16(15)11-18-13-20(22(29)30)31-25-18/h1-4,13,15-16,24H,5-12,14H2,(H,29,30)/t15-,16-/m0/s1. The number of carboxylic acid groups (broad SMARTS) is 1. The van der Waals surface area contributed by atoms with E-state index in [4.69, 9.17) is 4.52 Å². The number of carbonyl (C=O) groups excluding carboxylic acids is 2. The molecule has 0 unspecified atom stereocenters. The molecule has 2 atom stereocenters. The lowest BCUT2D eigenvalue weighted by atomic mass is 9.81. The summed E-state index contributed by atoms with van der Waals surface area (Å²) < 4.78 is 17.9. The molecule has 0 saturated carbocycles. The average Bonchev–Trinajstić information content (AvgIpc) is 3.25. The molecule has 0 bridgehead atoms. The molecule has 31 heavy (non-hydrogen) atoms. The maximum absolute atomic E-state index is 13.1. The summed E-state index contributed by atoms with van der Waals surface area (Å²) in [6.07, 6.45) is 2.01. The summed E-state index contributed by atoms with van der Waals surface area (Å²) in [7, 11) is 0. The zero-order chi connectivity index (χ0) is 21.8. The molecular formula is C22H27FN4O4. The Morgan fingerprint density at radius 1 is 1.16 bits per heavy atom. The zero-order valence-electron chi connectivity index (χ0n) is 17.3. The third kappa shape index (κ3) is 5.22. The van der Waals surface area contributed by atoms with Crippen LogP contribution in [0.2, 0.25) is 0 Å². The molecule has 1 aromatic heterocycles. The Kier molecular flexibility index (Phi) is 6.50. The lowest BCUT2D eigenvalue weighted by Crippen LogP contribution is -2.88. The van der Waals surface area contributed by atoms with E-state index in [1.807, 2.05) is 4.90 Å². The Morgan fingerprint density at radius 2 is 1.90 bits per heavy atom. The van der Waals surface area contributed by atoms with E-state index in [1.54, 1.807) is 12.1 Å². The first kappa shape index (κ1) is 21.3. The quantitative estimate of drug-likeness (QED) is 0.672. The molecule has 0 aliphatic carbocycles. The van der Waals surface area contributed by atoms with E-state index in [2.05, 4.69) is 15.4 Å². The van der Waals surface area contributed by atoms with Crippen LogP contribution in [0.3, 0.4) is 0 Å². The van der Waals surface area contributed by atoms with E-state index in [0.717, 1.165) is 38.3 Å². The molecule has 2 fully saturated rings. The number of amides is 1. The second-order valence-electron chi connectivity index (χ2n) is 8.34. The van der Waals surface area contributed by atoms with Crippen LogP contribution in [-0.4, -0.2) is 61.2 Å². The number of halogens is 1. The molecule has 4 rings (SSSR count). The van der Waals surface area contributed by atoms with Crippen LogP contribution in [0.25, 0.3) is 0 Å². The number of piperidine rings is 1. The molecule has 2 aromatic rings. The van der Waals surface area contributed by atoms with Gasteiger partial charge in [-0.25, -0.2) is 4.39 Å². The predicted molar refractivity (Wildman–Crippen MR) is 108 cm³/mol. The van der Waals surface area contributed by atoms with Crippen LogP contribution in [-0.2, 0) is 11.2 Å². The average molecular weight is 430 g/mol. The number of nitrogens with two attached hydrogens (primary N) is 1. The number of aromatic nitrogens is 1. The second kappa shape index (κ2) is 9.47. The molecule has 9 heteroatoms. The molecule has 8 nitrogen and oxygen atoms in total. The first-order chi connectivity index (χ1) is 15.0. The highest BCUT2D eigenvalue weighted by Crippen LogP contribution is 2.26. The number of piperazine rings is 1. The summed E-state index contributed by atoms with van der Waals surface area (Å²) in [6, 6.07) is 7.87. The van der Waals surface area contributed by atoms with Crippen molar-refractivity contribution < 1.29 is 28.9 Å². The van der Waals surface area contributed by atoms with Gasteiger partial charge in [-0.2, -0.15) is 0 Å². The van der Waals surface area contributed by atoms with Crippen LogP contribution in [0.4, 0.5) is 10.1 Å². The molecule has 1 amide bonds. The summed E-state index contributed by atoms with van der Waals surface area (Å²) in [4.78, 5) is 28.0. The molecule has 3 heterocycles. The maximum Gasteiger partial charge on any atom is 0.222 e. The van der Waals surface area contributed by atoms with E-state index < -0.39 is 5.97 Å². The molecule has 0 radical (unpaired) electrons. The minimum atomic E-state index is -1.37. The Labute approximate surface area is 180 Å². The fraction of sp³-hybridized carbons (Fsp3) is 0.500. The number of hydrogen-bond donors (Lipinski definition) is 1. The van der Waals surface area contributed by atoms with Gasteiger partial charge in [0, 0.05) is 63.1 Å². The van der Waals surface area contributed by atoms with Crippen molar-refractivity contribution in [1.29, 1.82) is 0 Å². The van der Waals surface area contributed by atoms with Crippen molar-refractivity contribution in [3.63, 3.8) is 0 Å². The van der Waals surface area contributed by atoms with Gasteiger partial charge in [0.1, 0.15) is 11.8 Å². The highest BCUT2D eigenvalue weighted by molar-refractivity contribution is 5.82. The van der Waals surface area contributed by atoms with Crippen LogP contribution in [0, 0.1) is 17.7 Å². The van der Waals surface area contributed by atoms with E-state index in [0.29, 0.717) is 31.6 Å². The van der Waals surface area contributed by atoms with Crippen LogP contribution in [0.1, 0.15) is 29.1 Å². The summed E-state index contributed by atoms with van der Waals surface area (Å²) in [5, 5.41) is 17.0. The van der Waals surface area contributed by atoms with E-state index in [1.165, 1.54) is 18.2 Å². The number of carbonyl (C=O) groups is 2. The molecule has 1 aromatic carbocycles. The Hall–Kier alpha value is -2.94. The summed E-state index contributed by atoms with van der Waals surface area (Å²) in [5.74, 6) is -1.26. The van der Waals surface area contributed by atoms with Crippen molar-refractivity contribution in [2.24, 2.45) is 11.8 Å². The van der Waals surface area contributed by atoms with Crippen LogP contribution >= 0.6 is 0 Å². The minimum absolute atomic E-state index is 0.159. The largest absolute Gasteiger partial charge is 0.541 e.